The van der Waals surface area contributed by atoms with E-state index in [0.29, 0.717) is 5.75 Å². The first kappa shape index (κ1) is 15.2. The van der Waals surface area contributed by atoms with Crippen LogP contribution in [0.3, 0.4) is 0 Å². The van der Waals surface area contributed by atoms with Crippen molar-refractivity contribution in [1.82, 2.24) is 0 Å². The largest absolute Gasteiger partial charge is 0.488 e. The van der Waals surface area contributed by atoms with E-state index in [9.17, 15) is 14.9 Å². The van der Waals surface area contributed by atoms with Crippen LogP contribution in [0.15, 0.2) is 46.9 Å². The Morgan fingerprint density at radius 3 is 2.48 bits per heavy atom. The molecule has 2 aromatic carbocycles. The Kier molecular flexibility index (Phi) is 4.70. The second-order valence-corrected chi connectivity index (χ2v) is 5.32. The predicted octanol–water partition coefficient (Wildman–Crippen LogP) is 4.14. The van der Waals surface area contributed by atoms with Crippen molar-refractivity contribution in [2.75, 3.05) is 0 Å². The SMILES string of the molecule is CC(=O)c1cc([N+](=O)[O-])ccc1OCc1ccc(Br)cc1. The van der Waals surface area contributed by atoms with Crippen LogP contribution in [0.4, 0.5) is 5.69 Å². The molecule has 0 radical (unpaired) electrons. The summed E-state index contributed by atoms with van der Waals surface area (Å²) in [6, 6.07) is 11.6. The Morgan fingerprint density at radius 1 is 1.24 bits per heavy atom. The number of non-ortho nitro benzene ring substituents is 1. The van der Waals surface area contributed by atoms with Crippen molar-refractivity contribution in [3.8, 4) is 5.75 Å². The third-order valence-corrected chi connectivity index (χ3v) is 3.39. The number of benzene rings is 2. The quantitative estimate of drug-likeness (QED) is 0.462. The molecule has 0 aliphatic rings. The van der Waals surface area contributed by atoms with Crippen LogP contribution in [-0.4, -0.2) is 10.7 Å². The number of Topliss-reactive ketones (excluding diaryl/α,β-unsaturated/α-hetero) is 1. The van der Waals surface area contributed by atoms with Gasteiger partial charge in [0.25, 0.3) is 5.69 Å². The number of nitro groups is 1. The number of carbonyl (C=O) groups is 1. The fourth-order valence-corrected chi connectivity index (χ4v) is 2.04. The molecule has 0 heterocycles. The summed E-state index contributed by atoms with van der Waals surface area (Å²) in [4.78, 5) is 21.8. The lowest BCUT2D eigenvalue weighted by molar-refractivity contribution is -0.384. The third-order valence-electron chi connectivity index (χ3n) is 2.86. The Bertz CT molecular complexity index is 683. The zero-order valence-corrected chi connectivity index (χ0v) is 12.8. The molecule has 21 heavy (non-hydrogen) atoms. The summed E-state index contributed by atoms with van der Waals surface area (Å²) in [6.07, 6.45) is 0. The van der Waals surface area contributed by atoms with E-state index in [1.54, 1.807) is 0 Å². The van der Waals surface area contributed by atoms with Gasteiger partial charge in [-0.05, 0) is 30.7 Å². The van der Waals surface area contributed by atoms with Crippen LogP contribution in [0.2, 0.25) is 0 Å². The number of ketones is 1. The summed E-state index contributed by atoms with van der Waals surface area (Å²) in [7, 11) is 0. The van der Waals surface area contributed by atoms with Gasteiger partial charge in [-0.15, -0.1) is 0 Å². The van der Waals surface area contributed by atoms with Crippen LogP contribution in [-0.2, 0) is 6.61 Å². The highest BCUT2D eigenvalue weighted by atomic mass is 79.9. The van der Waals surface area contributed by atoms with Gasteiger partial charge >= 0.3 is 0 Å². The topological polar surface area (TPSA) is 69.4 Å². The third kappa shape index (κ3) is 3.88. The van der Waals surface area contributed by atoms with E-state index in [1.165, 1.54) is 25.1 Å². The monoisotopic (exact) mass is 349 g/mol. The predicted molar refractivity (Wildman–Crippen MR) is 81.6 cm³/mol. The lowest BCUT2D eigenvalue weighted by Gasteiger charge is -2.10. The van der Waals surface area contributed by atoms with Crippen molar-refractivity contribution in [3.05, 3.63) is 68.2 Å². The van der Waals surface area contributed by atoms with Gasteiger partial charge in [-0.2, -0.15) is 0 Å². The van der Waals surface area contributed by atoms with Gasteiger partial charge in [0.15, 0.2) is 5.78 Å². The summed E-state index contributed by atoms with van der Waals surface area (Å²) < 4.78 is 6.56. The first-order valence-electron chi connectivity index (χ1n) is 6.14. The molecule has 0 aliphatic heterocycles. The number of hydrogen-bond donors (Lipinski definition) is 0. The smallest absolute Gasteiger partial charge is 0.270 e. The van der Waals surface area contributed by atoms with Crippen molar-refractivity contribution in [2.24, 2.45) is 0 Å². The maximum Gasteiger partial charge on any atom is 0.270 e. The Morgan fingerprint density at radius 2 is 1.90 bits per heavy atom. The van der Waals surface area contributed by atoms with E-state index in [4.69, 9.17) is 4.74 Å². The van der Waals surface area contributed by atoms with Crippen molar-refractivity contribution in [3.63, 3.8) is 0 Å². The number of ether oxygens (including phenoxy) is 1. The highest BCUT2D eigenvalue weighted by Crippen LogP contribution is 2.25. The normalized spacial score (nSPS) is 10.2. The van der Waals surface area contributed by atoms with Crippen LogP contribution in [0, 0.1) is 10.1 Å². The van der Waals surface area contributed by atoms with E-state index >= 15 is 0 Å². The minimum Gasteiger partial charge on any atom is -0.488 e. The van der Waals surface area contributed by atoms with Crippen LogP contribution < -0.4 is 4.74 Å². The Balaban J connectivity index is 2.21. The molecule has 2 rings (SSSR count). The molecule has 0 amide bonds. The highest BCUT2D eigenvalue weighted by Gasteiger charge is 2.15. The maximum absolute atomic E-state index is 11.6. The number of nitrogens with zero attached hydrogens (tertiary/aromatic N) is 1. The molecule has 0 saturated carbocycles. The van der Waals surface area contributed by atoms with Crippen molar-refractivity contribution < 1.29 is 14.5 Å². The molecule has 0 atom stereocenters. The van der Waals surface area contributed by atoms with E-state index < -0.39 is 4.92 Å². The molecular weight excluding hydrogens is 338 g/mol. The fourth-order valence-electron chi connectivity index (χ4n) is 1.77. The summed E-state index contributed by atoms with van der Waals surface area (Å²) in [5, 5.41) is 10.7. The van der Waals surface area contributed by atoms with Crippen LogP contribution in [0.25, 0.3) is 0 Å². The van der Waals surface area contributed by atoms with Crippen molar-refractivity contribution >= 4 is 27.4 Å². The van der Waals surface area contributed by atoms with Gasteiger partial charge in [-0.1, -0.05) is 28.1 Å². The lowest BCUT2D eigenvalue weighted by Crippen LogP contribution is -2.02. The van der Waals surface area contributed by atoms with E-state index in [1.807, 2.05) is 24.3 Å². The van der Waals surface area contributed by atoms with Gasteiger partial charge < -0.3 is 4.74 Å². The van der Waals surface area contributed by atoms with Crippen molar-refractivity contribution in [2.45, 2.75) is 13.5 Å². The molecule has 0 aromatic heterocycles. The van der Waals surface area contributed by atoms with E-state index in [0.717, 1.165) is 10.0 Å². The van der Waals surface area contributed by atoms with Gasteiger partial charge in [-0.25, -0.2) is 0 Å². The fraction of sp³-hybridized carbons (Fsp3) is 0.133. The molecule has 0 unspecified atom stereocenters. The van der Waals surface area contributed by atoms with Gasteiger partial charge in [0.1, 0.15) is 12.4 Å². The number of hydrogen-bond acceptors (Lipinski definition) is 4. The second-order valence-electron chi connectivity index (χ2n) is 4.41. The summed E-state index contributed by atoms with van der Waals surface area (Å²) in [5.74, 6) is 0.0699. The summed E-state index contributed by atoms with van der Waals surface area (Å²) in [6.45, 7) is 1.64. The molecule has 0 saturated heterocycles. The summed E-state index contributed by atoms with van der Waals surface area (Å²) >= 11 is 3.34. The Hall–Kier alpha value is -2.21. The molecule has 0 spiro atoms. The van der Waals surface area contributed by atoms with Gasteiger partial charge in [0.05, 0.1) is 10.5 Å². The number of halogens is 1. The number of nitro benzene ring substituents is 1. The van der Waals surface area contributed by atoms with Crippen molar-refractivity contribution in [1.29, 1.82) is 0 Å². The average Bonchev–Trinajstić information content (AvgIpc) is 2.46. The number of rotatable bonds is 5. The van der Waals surface area contributed by atoms with E-state index in [2.05, 4.69) is 15.9 Å². The Labute approximate surface area is 129 Å². The molecule has 0 bridgehead atoms. The molecule has 0 fully saturated rings. The summed E-state index contributed by atoms with van der Waals surface area (Å²) in [5.41, 5.74) is 1.02. The molecule has 108 valence electrons. The zero-order chi connectivity index (χ0) is 15.4. The maximum atomic E-state index is 11.6. The van der Waals surface area contributed by atoms with E-state index in [-0.39, 0.29) is 23.6 Å². The minimum atomic E-state index is -0.537. The molecule has 0 N–H and O–H groups in total. The molecule has 2 aromatic rings. The number of carbonyl (C=O) groups excluding carboxylic acids is 1. The highest BCUT2D eigenvalue weighted by molar-refractivity contribution is 9.10. The van der Waals surface area contributed by atoms with Gasteiger partial charge in [0.2, 0.25) is 0 Å². The average molecular weight is 350 g/mol. The lowest BCUT2D eigenvalue weighted by atomic mass is 10.1. The standard InChI is InChI=1S/C15H12BrNO4/c1-10(18)14-8-13(17(19)20)6-7-15(14)21-9-11-2-4-12(16)5-3-11/h2-8H,9H2,1H3. The first-order valence-corrected chi connectivity index (χ1v) is 6.93. The second kappa shape index (κ2) is 6.49. The molecule has 0 aliphatic carbocycles. The van der Waals surface area contributed by atoms with Crippen LogP contribution in [0.5, 0.6) is 5.75 Å². The van der Waals surface area contributed by atoms with Crippen LogP contribution >= 0.6 is 15.9 Å². The minimum absolute atomic E-state index is 0.129. The zero-order valence-electron chi connectivity index (χ0n) is 11.2. The first-order chi connectivity index (χ1) is 9.97. The van der Waals surface area contributed by atoms with Crippen LogP contribution in [0.1, 0.15) is 22.8 Å². The molecular formula is C15H12BrNO4. The molecule has 5 nitrogen and oxygen atoms in total. The molecule has 6 heteroatoms. The van der Waals surface area contributed by atoms with Gasteiger partial charge in [-0.3, -0.25) is 14.9 Å². The van der Waals surface area contributed by atoms with Gasteiger partial charge in [0, 0.05) is 16.6 Å².